The molecule has 88 valence electrons. The van der Waals surface area contributed by atoms with Crippen molar-refractivity contribution < 1.29 is 5.11 Å². The number of hydrogen-bond acceptors (Lipinski definition) is 3. The largest absolute Gasteiger partial charge is 0.393 e. The molecule has 1 aromatic carbocycles. The molecule has 1 unspecified atom stereocenters. The van der Waals surface area contributed by atoms with Crippen molar-refractivity contribution in [3.63, 3.8) is 0 Å². The average molecular weight is 220 g/mol. The van der Waals surface area contributed by atoms with E-state index in [1.54, 1.807) is 0 Å². The van der Waals surface area contributed by atoms with Crippen LogP contribution in [0.15, 0.2) is 24.3 Å². The molecule has 0 radical (unpaired) electrons. The number of benzene rings is 1. The first kappa shape index (κ1) is 11.4. The predicted octanol–water partition coefficient (Wildman–Crippen LogP) is 1.50. The summed E-state index contributed by atoms with van der Waals surface area (Å²) in [7, 11) is 0. The minimum absolute atomic E-state index is 0.117. The van der Waals surface area contributed by atoms with Crippen molar-refractivity contribution in [3.05, 3.63) is 29.8 Å². The van der Waals surface area contributed by atoms with Gasteiger partial charge >= 0.3 is 0 Å². The van der Waals surface area contributed by atoms with E-state index in [2.05, 4.69) is 29.2 Å². The van der Waals surface area contributed by atoms with Crippen molar-refractivity contribution in [2.75, 3.05) is 18.0 Å². The summed E-state index contributed by atoms with van der Waals surface area (Å²) in [5.41, 5.74) is 7.98. The van der Waals surface area contributed by atoms with Gasteiger partial charge in [-0.25, -0.2) is 0 Å². The van der Waals surface area contributed by atoms with Crippen LogP contribution in [0.2, 0.25) is 0 Å². The van der Waals surface area contributed by atoms with Gasteiger partial charge in [0.25, 0.3) is 0 Å². The van der Waals surface area contributed by atoms with Crippen LogP contribution < -0.4 is 10.6 Å². The van der Waals surface area contributed by atoms with Crippen LogP contribution in [0, 0.1) is 0 Å². The molecule has 1 aliphatic rings. The van der Waals surface area contributed by atoms with Gasteiger partial charge in [-0.1, -0.05) is 12.1 Å². The summed E-state index contributed by atoms with van der Waals surface area (Å²) in [6, 6.07) is 8.41. The Hall–Kier alpha value is -1.06. The van der Waals surface area contributed by atoms with Gasteiger partial charge in [0.05, 0.1) is 6.10 Å². The first-order valence-electron chi connectivity index (χ1n) is 6.01. The van der Waals surface area contributed by atoms with Crippen molar-refractivity contribution in [3.8, 4) is 0 Å². The predicted molar refractivity (Wildman–Crippen MR) is 66.4 cm³/mol. The Bertz CT molecular complexity index is 323. The van der Waals surface area contributed by atoms with Gasteiger partial charge in [-0.3, -0.25) is 0 Å². The summed E-state index contributed by atoms with van der Waals surface area (Å²) in [4.78, 5) is 2.34. The second-order valence-electron chi connectivity index (χ2n) is 4.44. The number of rotatable bonds is 2. The molecule has 0 amide bonds. The summed E-state index contributed by atoms with van der Waals surface area (Å²) < 4.78 is 0. The minimum atomic E-state index is -0.117. The van der Waals surface area contributed by atoms with Crippen molar-refractivity contribution >= 4 is 5.69 Å². The Morgan fingerprint density at radius 3 is 2.62 bits per heavy atom. The molecule has 0 bridgehead atoms. The molecular weight excluding hydrogens is 200 g/mol. The highest BCUT2D eigenvalue weighted by atomic mass is 16.3. The highest BCUT2D eigenvalue weighted by Crippen LogP contribution is 2.20. The molecule has 0 spiro atoms. The first-order chi connectivity index (χ1) is 7.79. The van der Waals surface area contributed by atoms with E-state index in [0.29, 0.717) is 6.54 Å². The maximum absolute atomic E-state index is 9.59. The Kier molecular flexibility index (Phi) is 3.80. The third-order valence-electron chi connectivity index (χ3n) is 3.23. The first-order valence-corrected chi connectivity index (χ1v) is 6.01. The molecule has 1 aromatic rings. The molecule has 3 heteroatoms. The molecule has 1 atom stereocenters. The molecule has 3 nitrogen and oxygen atoms in total. The van der Waals surface area contributed by atoms with Crippen LogP contribution in [0.4, 0.5) is 5.69 Å². The fourth-order valence-electron chi connectivity index (χ4n) is 2.18. The summed E-state index contributed by atoms with van der Waals surface area (Å²) >= 11 is 0. The number of anilines is 1. The molecular formula is C13H20N2O. The van der Waals surface area contributed by atoms with E-state index >= 15 is 0 Å². The van der Waals surface area contributed by atoms with E-state index in [0.717, 1.165) is 32.4 Å². The SMILES string of the molecule is NCc1ccc(N2CCCC(O)CC2)cc1. The monoisotopic (exact) mass is 220 g/mol. The van der Waals surface area contributed by atoms with E-state index in [1.165, 1.54) is 11.3 Å². The van der Waals surface area contributed by atoms with Gasteiger partial charge in [0.15, 0.2) is 0 Å². The maximum atomic E-state index is 9.59. The van der Waals surface area contributed by atoms with Gasteiger partial charge < -0.3 is 15.7 Å². The zero-order chi connectivity index (χ0) is 11.4. The van der Waals surface area contributed by atoms with Gasteiger partial charge in [0.2, 0.25) is 0 Å². The van der Waals surface area contributed by atoms with Crippen LogP contribution >= 0.6 is 0 Å². The quantitative estimate of drug-likeness (QED) is 0.794. The van der Waals surface area contributed by atoms with Gasteiger partial charge in [-0.15, -0.1) is 0 Å². The van der Waals surface area contributed by atoms with E-state index < -0.39 is 0 Å². The topological polar surface area (TPSA) is 49.5 Å². The van der Waals surface area contributed by atoms with E-state index in [4.69, 9.17) is 5.73 Å². The highest BCUT2D eigenvalue weighted by molar-refractivity contribution is 5.47. The van der Waals surface area contributed by atoms with Crippen LogP contribution in [0.5, 0.6) is 0 Å². The van der Waals surface area contributed by atoms with Crippen molar-refractivity contribution in [1.82, 2.24) is 0 Å². The second-order valence-corrected chi connectivity index (χ2v) is 4.44. The van der Waals surface area contributed by atoms with Crippen LogP contribution in [-0.2, 0) is 6.54 Å². The Balaban J connectivity index is 2.04. The molecule has 1 saturated heterocycles. The Labute approximate surface area is 96.9 Å². The van der Waals surface area contributed by atoms with E-state index in [-0.39, 0.29) is 6.10 Å². The third-order valence-corrected chi connectivity index (χ3v) is 3.23. The number of aliphatic hydroxyl groups is 1. The maximum Gasteiger partial charge on any atom is 0.0557 e. The average Bonchev–Trinajstić information content (AvgIpc) is 2.54. The van der Waals surface area contributed by atoms with Gasteiger partial charge in [0.1, 0.15) is 0 Å². The summed E-state index contributed by atoms with van der Waals surface area (Å²) in [5.74, 6) is 0. The van der Waals surface area contributed by atoms with Crippen molar-refractivity contribution in [2.45, 2.75) is 31.9 Å². The third kappa shape index (κ3) is 2.74. The highest BCUT2D eigenvalue weighted by Gasteiger charge is 2.14. The van der Waals surface area contributed by atoms with Crippen LogP contribution in [0.25, 0.3) is 0 Å². The van der Waals surface area contributed by atoms with Gasteiger partial charge in [-0.05, 0) is 37.0 Å². The van der Waals surface area contributed by atoms with Crippen LogP contribution in [0.3, 0.4) is 0 Å². The van der Waals surface area contributed by atoms with E-state index in [9.17, 15) is 5.11 Å². The molecule has 3 N–H and O–H groups in total. The molecule has 0 saturated carbocycles. The molecule has 16 heavy (non-hydrogen) atoms. The van der Waals surface area contributed by atoms with Gasteiger partial charge in [-0.2, -0.15) is 0 Å². The number of nitrogens with zero attached hydrogens (tertiary/aromatic N) is 1. The number of aliphatic hydroxyl groups excluding tert-OH is 1. The lowest BCUT2D eigenvalue weighted by atomic mass is 10.2. The van der Waals surface area contributed by atoms with E-state index in [1.807, 2.05) is 0 Å². The Morgan fingerprint density at radius 2 is 1.94 bits per heavy atom. The number of hydrogen-bond donors (Lipinski definition) is 2. The summed E-state index contributed by atoms with van der Waals surface area (Å²) in [5, 5.41) is 9.59. The zero-order valence-electron chi connectivity index (χ0n) is 9.60. The lowest BCUT2D eigenvalue weighted by Crippen LogP contribution is -2.24. The lowest BCUT2D eigenvalue weighted by molar-refractivity contribution is 0.161. The lowest BCUT2D eigenvalue weighted by Gasteiger charge is -2.22. The second kappa shape index (κ2) is 5.32. The Morgan fingerprint density at radius 1 is 1.19 bits per heavy atom. The smallest absolute Gasteiger partial charge is 0.0557 e. The molecule has 1 fully saturated rings. The summed E-state index contributed by atoms with van der Waals surface area (Å²) in [6.07, 6.45) is 2.75. The van der Waals surface area contributed by atoms with Crippen LogP contribution in [0.1, 0.15) is 24.8 Å². The van der Waals surface area contributed by atoms with Gasteiger partial charge in [0, 0.05) is 25.3 Å². The molecule has 1 aliphatic heterocycles. The van der Waals surface area contributed by atoms with Crippen LogP contribution in [-0.4, -0.2) is 24.3 Å². The standard InChI is InChI=1S/C13H20N2O/c14-10-11-3-5-12(6-4-11)15-8-1-2-13(16)7-9-15/h3-6,13,16H,1-2,7-10,14H2. The zero-order valence-corrected chi connectivity index (χ0v) is 9.60. The molecule has 0 aliphatic carbocycles. The molecule has 1 heterocycles. The number of nitrogens with two attached hydrogens (primary N) is 1. The fourth-order valence-corrected chi connectivity index (χ4v) is 2.18. The normalized spacial score (nSPS) is 21.9. The fraction of sp³-hybridized carbons (Fsp3) is 0.538. The molecule has 0 aromatic heterocycles. The van der Waals surface area contributed by atoms with Crippen molar-refractivity contribution in [1.29, 1.82) is 0 Å². The van der Waals surface area contributed by atoms with Crippen molar-refractivity contribution in [2.24, 2.45) is 5.73 Å². The minimum Gasteiger partial charge on any atom is -0.393 e. The summed E-state index contributed by atoms with van der Waals surface area (Å²) in [6.45, 7) is 2.58. The molecule has 2 rings (SSSR count).